The Labute approximate surface area is 123 Å². The van der Waals surface area contributed by atoms with Gasteiger partial charge in [-0.3, -0.25) is 5.10 Å². The van der Waals surface area contributed by atoms with Crippen molar-refractivity contribution >= 4 is 17.4 Å². The third-order valence-corrected chi connectivity index (χ3v) is 2.68. The van der Waals surface area contributed by atoms with E-state index in [1.165, 1.54) is 24.5 Å². The number of nitrogens with zero attached hydrogens (tertiary/aromatic N) is 1. The van der Waals surface area contributed by atoms with Crippen LogP contribution in [-0.4, -0.2) is 29.0 Å². The number of anilines is 2. The molecule has 2 amide bonds. The number of rotatable bonds is 4. The molecule has 2 rings (SSSR count). The van der Waals surface area contributed by atoms with Gasteiger partial charge in [0.2, 0.25) is 0 Å². The van der Waals surface area contributed by atoms with Crippen molar-refractivity contribution < 1.29 is 22.7 Å². The van der Waals surface area contributed by atoms with E-state index in [2.05, 4.69) is 20.8 Å². The van der Waals surface area contributed by atoms with Gasteiger partial charge < -0.3 is 15.4 Å². The smallest absolute Gasteiger partial charge is 0.422 e. The molecule has 0 aliphatic rings. The van der Waals surface area contributed by atoms with E-state index in [0.717, 1.165) is 0 Å². The van der Waals surface area contributed by atoms with Crippen molar-refractivity contribution in [2.24, 2.45) is 0 Å². The summed E-state index contributed by atoms with van der Waals surface area (Å²) in [5.74, 6) is 0.0541. The fourth-order valence-corrected chi connectivity index (χ4v) is 1.67. The molecule has 0 atom stereocenters. The lowest BCUT2D eigenvalue weighted by atomic mass is 10.2. The summed E-state index contributed by atoms with van der Waals surface area (Å²) in [7, 11) is 0. The van der Waals surface area contributed by atoms with Crippen LogP contribution in [0.2, 0.25) is 0 Å². The number of halogens is 3. The number of benzene rings is 1. The van der Waals surface area contributed by atoms with E-state index in [1.807, 2.05) is 0 Å². The number of H-pyrrole nitrogens is 1. The molecular formula is C13H13F3N4O2. The van der Waals surface area contributed by atoms with Gasteiger partial charge in [0.25, 0.3) is 0 Å². The minimum Gasteiger partial charge on any atom is -0.484 e. The molecule has 1 aromatic heterocycles. The Hall–Kier alpha value is -2.71. The summed E-state index contributed by atoms with van der Waals surface area (Å²) < 4.78 is 41.3. The van der Waals surface area contributed by atoms with E-state index in [-0.39, 0.29) is 5.75 Å². The number of hydrogen-bond acceptors (Lipinski definition) is 3. The Morgan fingerprint density at radius 3 is 2.77 bits per heavy atom. The first kappa shape index (κ1) is 15.7. The Morgan fingerprint density at radius 2 is 2.14 bits per heavy atom. The topological polar surface area (TPSA) is 79.0 Å². The molecule has 22 heavy (non-hydrogen) atoms. The predicted molar refractivity (Wildman–Crippen MR) is 74.0 cm³/mol. The molecular weight excluding hydrogens is 301 g/mol. The van der Waals surface area contributed by atoms with Crippen LogP contribution in [-0.2, 0) is 0 Å². The van der Waals surface area contributed by atoms with Gasteiger partial charge in [0.05, 0.1) is 11.9 Å². The number of ether oxygens (including phenoxy) is 1. The van der Waals surface area contributed by atoms with Crippen molar-refractivity contribution in [3.63, 3.8) is 0 Å². The molecule has 0 aliphatic carbocycles. The van der Waals surface area contributed by atoms with Crippen LogP contribution >= 0.6 is 0 Å². The Morgan fingerprint density at radius 1 is 1.36 bits per heavy atom. The number of amides is 2. The molecule has 9 heteroatoms. The minimum absolute atomic E-state index is 0.0541. The van der Waals surface area contributed by atoms with Gasteiger partial charge in [0.1, 0.15) is 5.75 Å². The zero-order valence-corrected chi connectivity index (χ0v) is 11.5. The number of hydrogen-bond donors (Lipinski definition) is 3. The van der Waals surface area contributed by atoms with E-state index in [9.17, 15) is 18.0 Å². The van der Waals surface area contributed by atoms with Crippen LogP contribution in [0.25, 0.3) is 0 Å². The van der Waals surface area contributed by atoms with Gasteiger partial charge in [-0.15, -0.1) is 0 Å². The second-order valence-electron chi connectivity index (χ2n) is 4.40. The highest BCUT2D eigenvalue weighted by atomic mass is 19.4. The van der Waals surface area contributed by atoms with Crippen LogP contribution in [0.3, 0.4) is 0 Å². The van der Waals surface area contributed by atoms with Crippen LogP contribution in [0.15, 0.2) is 30.6 Å². The van der Waals surface area contributed by atoms with Crippen LogP contribution in [0.4, 0.5) is 29.3 Å². The van der Waals surface area contributed by atoms with Crippen molar-refractivity contribution in [1.82, 2.24) is 10.2 Å². The maximum atomic E-state index is 12.2. The molecule has 0 saturated heterocycles. The zero-order chi connectivity index (χ0) is 16.2. The molecule has 1 aromatic carbocycles. The first-order valence-corrected chi connectivity index (χ1v) is 6.21. The molecule has 3 N–H and O–H groups in total. The number of urea groups is 1. The molecule has 0 spiro atoms. The Balaban J connectivity index is 2.03. The van der Waals surface area contributed by atoms with Crippen molar-refractivity contribution in [2.75, 3.05) is 17.2 Å². The average molecular weight is 314 g/mol. The highest BCUT2D eigenvalue weighted by molar-refractivity contribution is 6.00. The summed E-state index contributed by atoms with van der Waals surface area (Å²) in [6.07, 6.45) is -1.53. The average Bonchev–Trinajstić information content (AvgIpc) is 2.91. The van der Waals surface area contributed by atoms with Crippen molar-refractivity contribution in [2.45, 2.75) is 13.1 Å². The second-order valence-corrected chi connectivity index (χ2v) is 4.40. The quantitative estimate of drug-likeness (QED) is 0.810. The lowest BCUT2D eigenvalue weighted by Crippen LogP contribution is -2.21. The summed E-state index contributed by atoms with van der Waals surface area (Å²) in [4.78, 5) is 11.8. The lowest BCUT2D eigenvalue weighted by molar-refractivity contribution is -0.153. The highest BCUT2D eigenvalue weighted by Gasteiger charge is 2.28. The van der Waals surface area contributed by atoms with E-state index < -0.39 is 18.8 Å². The molecule has 1 heterocycles. The van der Waals surface area contributed by atoms with Gasteiger partial charge in [-0.05, 0) is 19.1 Å². The lowest BCUT2D eigenvalue weighted by Gasteiger charge is -2.14. The fourth-order valence-electron chi connectivity index (χ4n) is 1.67. The van der Waals surface area contributed by atoms with Gasteiger partial charge in [0.15, 0.2) is 6.61 Å². The molecule has 0 bridgehead atoms. The standard InChI is InChI=1S/C13H13F3N4O2/c1-8-10(20-12(21)19-9-5-17-18-6-9)3-2-4-11(8)22-7-13(14,15)16/h2-6H,7H2,1H3,(H,17,18)(H2,19,20,21). The fraction of sp³-hybridized carbons (Fsp3) is 0.231. The number of aromatic amines is 1. The third kappa shape index (κ3) is 4.40. The largest absolute Gasteiger partial charge is 0.484 e. The Bertz CT molecular complexity index is 641. The molecule has 118 valence electrons. The number of alkyl halides is 3. The number of carbonyl (C=O) groups excluding carboxylic acids is 1. The monoisotopic (exact) mass is 314 g/mol. The molecule has 0 saturated carbocycles. The second kappa shape index (κ2) is 6.37. The molecule has 0 unspecified atom stereocenters. The predicted octanol–water partition coefficient (Wildman–Crippen LogP) is 3.30. The maximum Gasteiger partial charge on any atom is 0.422 e. The summed E-state index contributed by atoms with van der Waals surface area (Å²) >= 11 is 0. The molecule has 6 nitrogen and oxygen atoms in total. The van der Waals surface area contributed by atoms with Crippen molar-refractivity contribution in [3.8, 4) is 5.75 Å². The summed E-state index contributed by atoms with van der Waals surface area (Å²) in [6, 6.07) is 3.91. The van der Waals surface area contributed by atoms with Crippen LogP contribution in [0, 0.1) is 6.92 Å². The number of carbonyl (C=O) groups is 1. The maximum absolute atomic E-state index is 12.2. The van der Waals surface area contributed by atoms with E-state index in [4.69, 9.17) is 4.74 Å². The summed E-state index contributed by atoms with van der Waals surface area (Å²) in [5, 5.41) is 11.2. The van der Waals surface area contributed by atoms with E-state index in [0.29, 0.717) is 16.9 Å². The molecule has 2 aromatic rings. The van der Waals surface area contributed by atoms with Crippen LogP contribution in [0.1, 0.15) is 5.56 Å². The van der Waals surface area contributed by atoms with Gasteiger partial charge in [-0.1, -0.05) is 6.07 Å². The van der Waals surface area contributed by atoms with Crippen molar-refractivity contribution in [1.29, 1.82) is 0 Å². The minimum atomic E-state index is -4.42. The summed E-state index contributed by atoms with van der Waals surface area (Å²) in [6.45, 7) is 0.164. The number of aromatic nitrogens is 2. The SMILES string of the molecule is Cc1c(NC(=O)Nc2cn[nH]c2)cccc1OCC(F)(F)F. The van der Waals surface area contributed by atoms with Gasteiger partial charge in [0, 0.05) is 17.4 Å². The first-order chi connectivity index (χ1) is 10.3. The molecule has 0 fully saturated rings. The number of nitrogens with one attached hydrogen (secondary N) is 3. The van der Waals surface area contributed by atoms with E-state index in [1.54, 1.807) is 13.0 Å². The molecule has 0 aliphatic heterocycles. The Kier molecular flexibility index (Phi) is 4.54. The van der Waals surface area contributed by atoms with Crippen LogP contribution < -0.4 is 15.4 Å². The van der Waals surface area contributed by atoms with Gasteiger partial charge >= 0.3 is 12.2 Å². The molecule has 0 radical (unpaired) electrons. The van der Waals surface area contributed by atoms with Crippen LogP contribution in [0.5, 0.6) is 5.75 Å². The third-order valence-electron chi connectivity index (χ3n) is 2.68. The first-order valence-electron chi connectivity index (χ1n) is 6.21. The van der Waals surface area contributed by atoms with Gasteiger partial charge in [-0.2, -0.15) is 18.3 Å². The normalized spacial score (nSPS) is 11.1. The summed E-state index contributed by atoms with van der Waals surface area (Å²) in [5.41, 5.74) is 1.20. The highest BCUT2D eigenvalue weighted by Crippen LogP contribution is 2.27. The van der Waals surface area contributed by atoms with Crippen molar-refractivity contribution in [3.05, 3.63) is 36.2 Å². The van der Waals surface area contributed by atoms with Gasteiger partial charge in [-0.25, -0.2) is 4.79 Å². The van der Waals surface area contributed by atoms with E-state index >= 15 is 0 Å². The zero-order valence-electron chi connectivity index (χ0n) is 11.5.